The molecule has 0 aliphatic heterocycles. The van der Waals surface area contributed by atoms with E-state index in [9.17, 15) is 0 Å². The van der Waals surface area contributed by atoms with E-state index in [1.807, 2.05) is 11.3 Å². The molecule has 2 atom stereocenters. The van der Waals surface area contributed by atoms with E-state index in [1.165, 1.54) is 15.3 Å². The molecule has 3 heteroatoms. The minimum Gasteiger partial charge on any atom is -0.307 e. The molecule has 2 aromatic rings. The summed E-state index contributed by atoms with van der Waals surface area (Å²) in [6.45, 7) is 6.65. The monoisotopic (exact) mass is 337 g/mol. The first kappa shape index (κ1) is 14.8. The number of rotatable bonds is 5. The number of hydrogen-bond acceptors (Lipinski definition) is 2. The standard InChI is InChI=1S/C16H20BrNS/c1-11(10-14-5-7-15(17)8-6-14)18-13(3)16-9-4-12(2)19-16/h4-9,11,13,18H,10H2,1-3H3. The van der Waals surface area contributed by atoms with Crippen LogP contribution in [0.5, 0.6) is 0 Å². The van der Waals surface area contributed by atoms with Gasteiger partial charge in [0.15, 0.2) is 0 Å². The Morgan fingerprint density at radius 3 is 2.37 bits per heavy atom. The Kier molecular flexibility index (Phi) is 5.20. The van der Waals surface area contributed by atoms with Crippen LogP contribution in [0.15, 0.2) is 40.9 Å². The smallest absolute Gasteiger partial charge is 0.0388 e. The van der Waals surface area contributed by atoms with E-state index >= 15 is 0 Å². The van der Waals surface area contributed by atoms with Gasteiger partial charge in [-0.2, -0.15) is 0 Å². The van der Waals surface area contributed by atoms with Gasteiger partial charge in [0.1, 0.15) is 0 Å². The van der Waals surface area contributed by atoms with Gasteiger partial charge >= 0.3 is 0 Å². The maximum Gasteiger partial charge on any atom is 0.0388 e. The quantitative estimate of drug-likeness (QED) is 0.800. The van der Waals surface area contributed by atoms with Crippen molar-refractivity contribution < 1.29 is 0 Å². The molecule has 0 aliphatic rings. The molecule has 1 N–H and O–H groups in total. The van der Waals surface area contributed by atoms with E-state index in [0.29, 0.717) is 12.1 Å². The first-order valence-corrected chi connectivity index (χ1v) is 8.22. The molecule has 0 saturated carbocycles. The SMILES string of the molecule is Cc1ccc(C(C)NC(C)Cc2ccc(Br)cc2)s1. The molecule has 2 rings (SSSR count). The van der Waals surface area contributed by atoms with Gasteiger partial charge in [-0.15, -0.1) is 11.3 Å². The number of nitrogens with one attached hydrogen (secondary N) is 1. The maximum atomic E-state index is 3.67. The second-order valence-electron chi connectivity index (χ2n) is 5.07. The van der Waals surface area contributed by atoms with Crippen LogP contribution >= 0.6 is 27.3 Å². The fourth-order valence-electron chi connectivity index (χ4n) is 2.23. The van der Waals surface area contributed by atoms with Gasteiger partial charge in [-0.1, -0.05) is 28.1 Å². The highest BCUT2D eigenvalue weighted by Crippen LogP contribution is 2.23. The number of benzene rings is 1. The lowest BCUT2D eigenvalue weighted by molar-refractivity contribution is 0.482. The summed E-state index contributed by atoms with van der Waals surface area (Å²) < 4.78 is 1.14. The first-order valence-electron chi connectivity index (χ1n) is 6.61. The van der Waals surface area contributed by atoms with Crippen molar-refractivity contribution >= 4 is 27.3 Å². The van der Waals surface area contributed by atoms with Gasteiger partial charge < -0.3 is 5.32 Å². The Morgan fingerprint density at radius 1 is 1.11 bits per heavy atom. The normalized spacial score (nSPS) is 14.3. The summed E-state index contributed by atoms with van der Waals surface area (Å²) in [6.07, 6.45) is 1.06. The van der Waals surface area contributed by atoms with Crippen LogP contribution in [0.3, 0.4) is 0 Å². The van der Waals surface area contributed by atoms with Crippen molar-refractivity contribution in [3.05, 3.63) is 56.2 Å². The summed E-state index contributed by atoms with van der Waals surface area (Å²) in [7, 11) is 0. The summed E-state index contributed by atoms with van der Waals surface area (Å²) in [5.74, 6) is 0. The minimum atomic E-state index is 0.421. The Morgan fingerprint density at radius 2 is 1.79 bits per heavy atom. The molecule has 0 fully saturated rings. The lowest BCUT2D eigenvalue weighted by Crippen LogP contribution is -2.30. The van der Waals surface area contributed by atoms with Crippen molar-refractivity contribution in [1.29, 1.82) is 0 Å². The molecule has 0 radical (unpaired) electrons. The van der Waals surface area contributed by atoms with Gasteiger partial charge in [0.2, 0.25) is 0 Å². The van der Waals surface area contributed by atoms with Crippen molar-refractivity contribution in [2.45, 2.75) is 39.3 Å². The number of hydrogen-bond donors (Lipinski definition) is 1. The van der Waals surface area contributed by atoms with Gasteiger partial charge in [-0.05, 0) is 57.0 Å². The van der Waals surface area contributed by atoms with Crippen LogP contribution in [0.4, 0.5) is 0 Å². The Bertz CT molecular complexity index is 518. The topological polar surface area (TPSA) is 12.0 Å². The second-order valence-corrected chi connectivity index (χ2v) is 7.30. The van der Waals surface area contributed by atoms with Gasteiger partial charge in [0.25, 0.3) is 0 Å². The van der Waals surface area contributed by atoms with E-state index in [2.05, 4.69) is 78.4 Å². The predicted molar refractivity (Wildman–Crippen MR) is 87.9 cm³/mol. The highest BCUT2D eigenvalue weighted by Gasteiger charge is 2.11. The van der Waals surface area contributed by atoms with Crippen LogP contribution in [-0.4, -0.2) is 6.04 Å². The van der Waals surface area contributed by atoms with Crippen molar-refractivity contribution in [3.63, 3.8) is 0 Å². The average molecular weight is 338 g/mol. The molecular formula is C16H20BrNS. The Balaban J connectivity index is 1.90. The molecule has 2 unspecified atom stereocenters. The van der Waals surface area contributed by atoms with Crippen LogP contribution in [0, 0.1) is 6.92 Å². The highest BCUT2D eigenvalue weighted by molar-refractivity contribution is 9.10. The van der Waals surface area contributed by atoms with Crippen LogP contribution in [0.25, 0.3) is 0 Å². The van der Waals surface area contributed by atoms with Crippen LogP contribution in [0.1, 0.15) is 35.2 Å². The third kappa shape index (κ3) is 4.44. The molecular weight excluding hydrogens is 318 g/mol. The van der Waals surface area contributed by atoms with E-state index in [0.717, 1.165) is 10.9 Å². The fourth-order valence-corrected chi connectivity index (χ4v) is 3.38. The first-order chi connectivity index (χ1) is 9.04. The zero-order valence-electron chi connectivity index (χ0n) is 11.6. The van der Waals surface area contributed by atoms with Gasteiger partial charge in [0.05, 0.1) is 0 Å². The van der Waals surface area contributed by atoms with Crippen LogP contribution < -0.4 is 5.32 Å². The minimum absolute atomic E-state index is 0.421. The lowest BCUT2D eigenvalue weighted by Gasteiger charge is -2.19. The summed E-state index contributed by atoms with van der Waals surface area (Å²) in [6, 6.07) is 13.9. The molecule has 0 bridgehead atoms. The molecule has 19 heavy (non-hydrogen) atoms. The van der Waals surface area contributed by atoms with Crippen LogP contribution in [0.2, 0.25) is 0 Å². The Labute approximate surface area is 128 Å². The number of halogens is 1. The van der Waals surface area contributed by atoms with Crippen molar-refractivity contribution in [2.24, 2.45) is 0 Å². The van der Waals surface area contributed by atoms with Crippen LogP contribution in [-0.2, 0) is 6.42 Å². The molecule has 0 saturated heterocycles. The summed E-state index contributed by atoms with van der Waals surface area (Å²) >= 11 is 5.35. The molecule has 1 heterocycles. The Hall–Kier alpha value is -0.640. The molecule has 0 aliphatic carbocycles. The fraction of sp³-hybridized carbons (Fsp3) is 0.375. The van der Waals surface area contributed by atoms with Crippen molar-refractivity contribution in [3.8, 4) is 0 Å². The average Bonchev–Trinajstić information content (AvgIpc) is 2.79. The molecule has 0 amide bonds. The highest BCUT2D eigenvalue weighted by atomic mass is 79.9. The molecule has 1 nitrogen and oxygen atoms in total. The van der Waals surface area contributed by atoms with E-state index in [4.69, 9.17) is 0 Å². The number of aryl methyl sites for hydroxylation is 1. The molecule has 0 spiro atoms. The van der Waals surface area contributed by atoms with Gasteiger partial charge in [-0.3, -0.25) is 0 Å². The van der Waals surface area contributed by atoms with Crippen molar-refractivity contribution in [1.82, 2.24) is 5.32 Å². The summed E-state index contributed by atoms with van der Waals surface area (Å²) in [5, 5.41) is 3.67. The van der Waals surface area contributed by atoms with E-state index in [-0.39, 0.29) is 0 Å². The third-order valence-corrected chi connectivity index (χ3v) is 4.89. The third-order valence-electron chi connectivity index (χ3n) is 3.18. The summed E-state index contributed by atoms with van der Waals surface area (Å²) in [4.78, 5) is 2.80. The maximum absolute atomic E-state index is 3.67. The van der Waals surface area contributed by atoms with Gasteiger partial charge in [0, 0.05) is 26.3 Å². The second kappa shape index (κ2) is 6.69. The predicted octanol–water partition coefficient (Wildman–Crippen LogP) is 5.10. The van der Waals surface area contributed by atoms with Crippen molar-refractivity contribution in [2.75, 3.05) is 0 Å². The molecule has 1 aromatic heterocycles. The molecule has 1 aromatic carbocycles. The lowest BCUT2D eigenvalue weighted by atomic mass is 10.1. The largest absolute Gasteiger partial charge is 0.307 e. The van der Waals surface area contributed by atoms with E-state index in [1.54, 1.807) is 0 Å². The van der Waals surface area contributed by atoms with Gasteiger partial charge in [-0.25, -0.2) is 0 Å². The molecule has 102 valence electrons. The number of thiophene rings is 1. The zero-order valence-corrected chi connectivity index (χ0v) is 14.0. The summed E-state index contributed by atoms with van der Waals surface area (Å²) in [5.41, 5.74) is 1.37. The van der Waals surface area contributed by atoms with E-state index < -0.39 is 0 Å². The zero-order chi connectivity index (χ0) is 13.8.